The van der Waals surface area contributed by atoms with Gasteiger partial charge in [-0.25, -0.2) is 0 Å². The highest BCUT2D eigenvalue weighted by Crippen LogP contribution is 2.46. The summed E-state index contributed by atoms with van der Waals surface area (Å²) in [5.74, 6) is 0. The van der Waals surface area contributed by atoms with Gasteiger partial charge in [0.25, 0.3) is 6.71 Å². The maximum atomic E-state index is 2.48. The topological polar surface area (TPSA) is 14.7 Å². The summed E-state index contributed by atoms with van der Waals surface area (Å²) in [6.45, 7) is 0.0482. The van der Waals surface area contributed by atoms with Crippen LogP contribution in [0.5, 0.6) is 0 Å². The Morgan fingerprint density at radius 1 is 0.322 bits per heavy atom. The SMILES string of the molecule is c1ccc(N(c2ccc3c(c2)N(c2ccccc2)c2cccc4c2B3c2ccccc2N4c2ccccc2)c2ccc3c(c2)c2ccccc2n3-c2ccccc2)cc1. The highest BCUT2D eigenvalue weighted by molar-refractivity contribution is 7.00. The Hall–Kier alpha value is -7.76. The van der Waals surface area contributed by atoms with E-state index in [4.69, 9.17) is 0 Å². The lowest BCUT2D eigenvalue weighted by molar-refractivity contribution is 1.18. The van der Waals surface area contributed by atoms with Gasteiger partial charge in [0.2, 0.25) is 0 Å². The zero-order valence-electron chi connectivity index (χ0n) is 32.2. The van der Waals surface area contributed by atoms with Crippen molar-refractivity contribution in [3.8, 4) is 5.69 Å². The van der Waals surface area contributed by atoms with Gasteiger partial charge in [0, 0.05) is 67.6 Å². The first-order valence-electron chi connectivity index (χ1n) is 20.3. The van der Waals surface area contributed by atoms with Gasteiger partial charge in [-0.05, 0) is 120 Å². The van der Waals surface area contributed by atoms with Crippen LogP contribution in [0.1, 0.15) is 0 Å². The van der Waals surface area contributed by atoms with E-state index in [1.165, 1.54) is 60.9 Å². The van der Waals surface area contributed by atoms with Crippen LogP contribution < -0.4 is 31.1 Å². The molecular weight excluding hydrogens is 715 g/mol. The molecule has 0 N–H and O–H groups in total. The maximum absolute atomic E-state index is 2.48. The second kappa shape index (κ2) is 13.4. The summed E-state index contributed by atoms with van der Waals surface area (Å²) in [6, 6.07) is 81.6. The standard InChI is InChI=1S/C54H37BN4/c1-5-18-38(19-6-1)56(42-33-35-49-45(36-42)44-26-13-15-28-48(44)57(49)39-20-7-2-8-21-39)43-32-34-47-53(37-43)59(41-24-11-4-12-25-41)52-31-17-30-51-54(52)55(47)46-27-14-16-29-50(46)58(51)40-22-9-3-10-23-40/h1-37H. The molecule has 9 aromatic carbocycles. The zero-order chi connectivity index (χ0) is 38.9. The van der Waals surface area contributed by atoms with Crippen LogP contribution in [-0.2, 0) is 0 Å². The van der Waals surface area contributed by atoms with E-state index >= 15 is 0 Å². The van der Waals surface area contributed by atoms with Crippen LogP contribution in [0.2, 0.25) is 0 Å². The minimum atomic E-state index is 0.0482. The molecule has 0 saturated carbocycles. The molecule has 0 saturated heterocycles. The molecule has 59 heavy (non-hydrogen) atoms. The Morgan fingerprint density at radius 2 is 0.831 bits per heavy atom. The number of rotatable bonds is 6. The molecule has 0 radical (unpaired) electrons. The monoisotopic (exact) mass is 752 g/mol. The predicted octanol–water partition coefficient (Wildman–Crippen LogP) is 12.3. The zero-order valence-corrected chi connectivity index (χ0v) is 32.2. The second-order valence-electron chi connectivity index (χ2n) is 15.3. The third kappa shape index (κ3) is 5.18. The van der Waals surface area contributed by atoms with E-state index in [9.17, 15) is 0 Å². The fourth-order valence-electron chi connectivity index (χ4n) is 9.70. The smallest absolute Gasteiger partial charge is 0.252 e. The van der Waals surface area contributed by atoms with Gasteiger partial charge < -0.3 is 19.3 Å². The van der Waals surface area contributed by atoms with Crippen molar-refractivity contribution in [1.82, 2.24) is 4.57 Å². The Bertz CT molecular complexity index is 3180. The molecule has 0 fully saturated rings. The van der Waals surface area contributed by atoms with Crippen molar-refractivity contribution >= 4 is 96.1 Å². The van der Waals surface area contributed by atoms with Gasteiger partial charge in [-0.1, -0.05) is 121 Å². The van der Waals surface area contributed by atoms with Crippen LogP contribution in [0.15, 0.2) is 224 Å². The van der Waals surface area contributed by atoms with Crippen molar-refractivity contribution in [2.45, 2.75) is 0 Å². The molecular formula is C54H37BN4. The molecule has 10 aromatic rings. The van der Waals surface area contributed by atoms with Crippen LogP contribution >= 0.6 is 0 Å². The summed E-state index contributed by atoms with van der Waals surface area (Å²) in [5.41, 5.74) is 17.8. The van der Waals surface area contributed by atoms with Gasteiger partial charge in [0.1, 0.15) is 0 Å². The number of anilines is 9. The molecule has 0 atom stereocenters. The molecule has 0 bridgehead atoms. The van der Waals surface area contributed by atoms with Gasteiger partial charge in [0.15, 0.2) is 0 Å². The summed E-state index contributed by atoms with van der Waals surface area (Å²) in [4.78, 5) is 7.33. The van der Waals surface area contributed by atoms with Crippen molar-refractivity contribution in [3.63, 3.8) is 0 Å². The van der Waals surface area contributed by atoms with Crippen molar-refractivity contribution < 1.29 is 0 Å². The third-order valence-electron chi connectivity index (χ3n) is 12.1. The molecule has 4 nitrogen and oxygen atoms in total. The largest absolute Gasteiger partial charge is 0.311 e. The van der Waals surface area contributed by atoms with Crippen LogP contribution in [0, 0.1) is 0 Å². The average Bonchev–Trinajstić information content (AvgIpc) is 3.64. The van der Waals surface area contributed by atoms with E-state index in [0.717, 1.165) is 34.1 Å². The van der Waals surface area contributed by atoms with Crippen LogP contribution in [0.25, 0.3) is 27.5 Å². The number of aromatic nitrogens is 1. The highest BCUT2D eigenvalue weighted by atomic mass is 15.2. The first-order chi connectivity index (χ1) is 29.3. The molecule has 2 aliphatic heterocycles. The summed E-state index contributed by atoms with van der Waals surface area (Å²) < 4.78 is 2.38. The first-order valence-corrected chi connectivity index (χ1v) is 20.3. The molecule has 0 spiro atoms. The summed E-state index contributed by atoms with van der Waals surface area (Å²) in [5, 5.41) is 2.45. The molecule has 0 aliphatic carbocycles. The minimum Gasteiger partial charge on any atom is -0.311 e. The lowest BCUT2D eigenvalue weighted by Gasteiger charge is -2.44. The van der Waals surface area contributed by atoms with E-state index in [1.807, 2.05) is 0 Å². The molecule has 0 unspecified atom stereocenters. The first kappa shape index (κ1) is 33.4. The quantitative estimate of drug-likeness (QED) is 0.157. The maximum Gasteiger partial charge on any atom is 0.252 e. The number of hydrogen-bond donors (Lipinski definition) is 0. The van der Waals surface area contributed by atoms with E-state index in [1.54, 1.807) is 0 Å². The summed E-state index contributed by atoms with van der Waals surface area (Å²) >= 11 is 0. The Morgan fingerprint density at radius 3 is 1.54 bits per heavy atom. The molecule has 0 amide bonds. The molecule has 276 valence electrons. The second-order valence-corrected chi connectivity index (χ2v) is 15.3. The number of nitrogens with zero attached hydrogens (tertiary/aromatic N) is 4. The van der Waals surface area contributed by atoms with E-state index < -0.39 is 0 Å². The molecule has 12 rings (SSSR count). The summed E-state index contributed by atoms with van der Waals surface area (Å²) in [6.07, 6.45) is 0. The predicted molar refractivity (Wildman–Crippen MR) is 249 cm³/mol. The number of hydrogen-bond acceptors (Lipinski definition) is 3. The van der Waals surface area contributed by atoms with Gasteiger partial charge >= 0.3 is 0 Å². The van der Waals surface area contributed by atoms with Crippen LogP contribution in [0.4, 0.5) is 51.2 Å². The van der Waals surface area contributed by atoms with E-state index in [2.05, 4.69) is 244 Å². The molecule has 5 heteroatoms. The van der Waals surface area contributed by atoms with Crippen molar-refractivity contribution in [2.75, 3.05) is 14.7 Å². The van der Waals surface area contributed by atoms with Crippen molar-refractivity contribution in [3.05, 3.63) is 224 Å². The van der Waals surface area contributed by atoms with E-state index in [0.29, 0.717) is 0 Å². The highest BCUT2D eigenvalue weighted by Gasteiger charge is 2.43. The van der Waals surface area contributed by atoms with Crippen LogP contribution in [0.3, 0.4) is 0 Å². The lowest BCUT2D eigenvalue weighted by Crippen LogP contribution is -2.61. The number of benzene rings is 9. The Kier molecular flexibility index (Phi) is 7.60. The number of para-hydroxylation sites is 6. The third-order valence-corrected chi connectivity index (χ3v) is 12.1. The molecule has 1 aromatic heterocycles. The number of fused-ring (bicyclic) bond motifs is 7. The summed E-state index contributed by atoms with van der Waals surface area (Å²) in [7, 11) is 0. The average molecular weight is 753 g/mol. The van der Waals surface area contributed by atoms with Crippen LogP contribution in [-0.4, -0.2) is 11.3 Å². The van der Waals surface area contributed by atoms with Crippen molar-refractivity contribution in [1.29, 1.82) is 0 Å². The fourth-order valence-corrected chi connectivity index (χ4v) is 9.70. The minimum absolute atomic E-state index is 0.0482. The fraction of sp³-hybridized carbons (Fsp3) is 0. The van der Waals surface area contributed by atoms with Crippen molar-refractivity contribution in [2.24, 2.45) is 0 Å². The van der Waals surface area contributed by atoms with Gasteiger partial charge in [0.05, 0.1) is 11.0 Å². The Labute approximate surface area is 344 Å². The molecule has 2 aliphatic rings. The van der Waals surface area contributed by atoms with Gasteiger partial charge in [-0.15, -0.1) is 0 Å². The normalized spacial score (nSPS) is 12.6. The molecule has 3 heterocycles. The Balaban J connectivity index is 1.09. The van der Waals surface area contributed by atoms with Gasteiger partial charge in [-0.2, -0.15) is 0 Å². The lowest BCUT2D eigenvalue weighted by atomic mass is 9.33. The van der Waals surface area contributed by atoms with E-state index in [-0.39, 0.29) is 6.71 Å². The van der Waals surface area contributed by atoms with Gasteiger partial charge in [-0.3, -0.25) is 0 Å².